The van der Waals surface area contributed by atoms with Gasteiger partial charge in [0.25, 0.3) is 0 Å². The molecule has 3 rings (SSSR count). The molecule has 0 amide bonds. The SMILES string of the molecule is CC[C@H]1CC[C@H](/C=C/[C@H]2CC[C@H](c3cc(F)c(C(F)(F)F)c(F)c3)CC2)CC1. The molecule has 2 saturated carbocycles. The zero-order chi connectivity index (χ0) is 20.3. The van der Waals surface area contributed by atoms with E-state index in [1.807, 2.05) is 0 Å². The minimum atomic E-state index is -5.01. The number of benzene rings is 1. The van der Waals surface area contributed by atoms with E-state index in [-0.39, 0.29) is 5.92 Å². The highest BCUT2D eigenvalue weighted by Gasteiger charge is 2.38. The molecule has 0 N–H and O–H groups in total. The van der Waals surface area contributed by atoms with E-state index in [0.29, 0.717) is 17.4 Å². The normalized spacial score (nSPS) is 29.4. The van der Waals surface area contributed by atoms with Crippen LogP contribution in [0.5, 0.6) is 0 Å². The van der Waals surface area contributed by atoms with E-state index in [2.05, 4.69) is 19.1 Å². The van der Waals surface area contributed by atoms with Crippen molar-refractivity contribution < 1.29 is 22.0 Å². The Morgan fingerprint density at radius 3 is 1.71 bits per heavy atom. The standard InChI is InChI=1S/C23H29F5/c1-2-15-3-5-16(6-4-15)7-8-17-9-11-18(12-10-17)19-13-20(24)22(21(25)14-19)23(26,27)28/h7-8,13-18H,2-6,9-12H2,1H3/b8-7+/t15-,16-,17-,18-. The van der Waals surface area contributed by atoms with Gasteiger partial charge in [0, 0.05) is 0 Å². The van der Waals surface area contributed by atoms with Gasteiger partial charge >= 0.3 is 6.18 Å². The van der Waals surface area contributed by atoms with Gasteiger partial charge in [-0.25, -0.2) is 8.78 Å². The van der Waals surface area contributed by atoms with Crippen LogP contribution in [0.4, 0.5) is 22.0 Å². The van der Waals surface area contributed by atoms with E-state index < -0.39 is 23.4 Å². The van der Waals surface area contributed by atoms with Crippen LogP contribution in [0.15, 0.2) is 24.3 Å². The van der Waals surface area contributed by atoms with Crippen LogP contribution >= 0.6 is 0 Å². The molecule has 156 valence electrons. The Kier molecular flexibility index (Phi) is 6.82. The second-order valence-electron chi connectivity index (χ2n) is 8.54. The molecular formula is C23H29F5. The van der Waals surface area contributed by atoms with E-state index in [1.165, 1.54) is 32.1 Å². The average molecular weight is 400 g/mol. The summed E-state index contributed by atoms with van der Waals surface area (Å²) in [5, 5.41) is 0. The molecule has 0 aromatic heterocycles. The Labute approximate surface area is 164 Å². The molecule has 1 aromatic carbocycles. The molecular weight excluding hydrogens is 371 g/mol. The quantitative estimate of drug-likeness (QED) is 0.354. The van der Waals surface area contributed by atoms with Crippen LogP contribution in [0.2, 0.25) is 0 Å². The van der Waals surface area contributed by atoms with Gasteiger partial charge in [-0.3, -0.25) is 0 Å². The fourth-order valence-electron chi connectivity index (χ4n) is 4.85. The monoisotopic (exact) mass is 400 g/mol. The fraction of sp³-hybridized carbons (Fsp3) is 0.652. The summed E-state index contributed by atoms with van der Waals surface area (Å²) in [5.74, 6) is -1.08. The van der Waals surface area contributed by atoms with Crippen LogP contribution in [0.25, 0.3) is 0 Å². The topological polar surface area (TPSA) is 0 Å². The molecule has 0 saturated heterocycles. The molecule has 1 aromatic rings. The van der Waals surface area contributed by atoms with Crippen LogP contribution in [0.3, 0.4) is 0 Å². The highest BCUT2D eigenvalue weighted by Crippen LogP contribution is 2.40. The van der Waals surface area contributed by atoms with Crippen LogP contribution in [0.1, 0.15) is 81.8 Å². The van der Waals surface area contributed by atoms with Gasteiger partial charge in [0.15, 0.2) is 0 Å². The molecule has 28 heavy (non-hydrogen) atoms. The third-order valence-corrected chi connectivity index (χ3v) is 6.72. The third-order valence-electron chi connectivity index (χ3n) is 6.72. The van der Waals surface area contributed by atoms with Crippen LogP contribution in [0, 0.1) is 29.4 Å². The van der Waals surface area contributed by atoms with Crippen molar-refractivity contribution in [2.75, 3.05) is 0 Å². The molecule has 0 spiro atoms. The summed E-state index contributed by atoms with van der Waals surface area (Å²) in [7, 11) is 0. The minimum absolute atomic E-state index is 0.0732. The highest BCUT2D eigenvalue weighted by atomic mass is 19.4. The van der Waals surface area contributed by atoms with Crippen molar-refractivity contribution in [1.29, 1.82) is 0 Å². The molecule has 0 aliphatic heterocycles. The number of rotatable bonds is 4. The van der Waals surface area contributed by atoms with Crippen molar-refractivity contribution in [1.82, 2.24) is 0 Å². The average Bonchev–Trinajstić information content (AvgIpc) is 2.65. The van der Waals surface area contributed by atoms with Crippen molar-refractivity contribution in [2.24, 2.45) is 17.8 Å². The first-order chi connectivity index (χ1) is 13.3. The molecule has 0 radical (unpaired) electrons. The molecule has 0 atom stereocenters. The highest BCUT2D eigenvalue weighted by molar-refractivity contribution is 5.31. The molecule has 2 fully saturated rings. The van der Waals surface area contributed by atoms with Crippen molar-refractivity contribution in [3.8, 4) is 0 Å². The molecule has 2 aliphatic rings. The summed E-state index contributed by atoms with van der Waals surface area (Å²) in [6.45, 7) is 2.26. The molecule has 0 unspecified atom stereocenters. The maximum Gasteiger partial charge on any atom is 0.422 e. The van der Waals surface area contributed by atoms with Gasteiger partial charge in [-0.05, 0) is 92.7 Å². The first kappa shape index (κ1) is 21.3. The van der Waals surface area contributed by atoms with Gasteiger partial charge in [0.2, 0.25) is 0 Å². The van der Waals surface area contributed by atoms with Gasteiger partial charge in [-0.2, -0.15) is 13.2 Å². The van der Waals surface area contributed by atoms with E-state index in [4.69, 9.17) is 0 Å². The van der Waals surface area contributed by atoms with Gasteiger partial charge in [0.1, 0.15) is 17.2 Å². The molecule has 2 aliphatic carbocycles. The smallest absolute Gasteiger partial charge is 0.206 e. The fourth-order valence-corrected chi connectivity index (χ4v) is 4.85. The van der Waals surface area contributed by atoms with E-state index >= 15 is 0 Å². The molecule has 0 bridgehead atoms. The number of allylic oxidation sites excluding steroid dienone is 2. The maximum absolute atomic E-state index is 13.8. The Balaban J connectivity index is 1.55. The first-order valence-electron chi connectivity index (χ1n) is 10.5. The lowest BCUT2D eigenvalue weighted by atomic mass is 9.77. The number of hydrogen-bond acceptors (Lipinski definition) is 0. The predicted molar refractivity (Wildman–Crippen MR) is 101 cm³/mol. The van der Waals surface area contributed by atoms with Gasteiger partial charge in [-0.1, -0.05) is 25.5 Å². The minimum Gasteiger partial charge on any atom is -0.206 e. The zero-order valence-corrected chi connectivity index (χ0v) is 16.4. The Bertz CT molecular complexity index is 652. The second-order valence-corrected chi connectivity index (χ2v) is 8.54. The lowest BCUT2D eigenvalue weighted by Gasteiger charge is -2.29. The van der Waals surface area contributed by atoms with Crippen LogP contribution in [-0.2, 0) is 6.18 Å². The number of halogens is 5. The van der Waals surface area contributed by atoms with Crippen molar-refractivity contribution in [3.05, 3.63) is 47.0 Å². The van der Waals surface area contributed by atoms with Crippen LogP contribution in [-0.4, -0.2) is 0 Å². The van der Waals surface area contributed by atoms with Crippen molar-refractivity contribution in [2.45, 2.75) is 76.8 Å². The lowest BCUT2D eigenvalue weighted by molar-refractivity contribution is -0.142. The van der Waals surface area contributed by atoms with Crippen LogP contribution < -0.4 is 0 Å². The maximum atomic E-state index is 13.8. The van der Waals surface area contributed by atoms with Gasteiger partial charge in [-0.15, -0.1) is 0 Å². The summed E-state index contributed by atoms with van der Waals surface area (Å²) in [6.07, 6.45) is 9.39. The molecule has 0 nitrogen and oxygen atoms in total. The second kappa shape index (κ2) is 8.96. The summed E-state index contributed by atoms with van der Waals surface area (Å²) in [4.78, 5) is 0. The summed E-state index contributed by atoms with van der Waals surface area (Å²) < 4.78 is 65.9. The summed E-state index contributed by atoms with van der Waals surface area (Å²) in [6, 6.07) is 1.75. The van der Waals surface area contributed by atoms with Crippen molar-refractivity contribution >= 4 is 0 Å². The predicted octanol–water partition coefficient (Wildman–Crippen LogP) is 8.03. The third kappa shape index (κ3) is 5.15. The first-order valence-corrected chi connectivity index (χ1v) is 10.5. The number of hydrogen-bond donors (Lipinski definition) is 0. The lowest BCUT2D eigenvalue weighted by Crippen LogP contribution is -2.16. The Hall–Kier alpha value is -1.39. The Morgan fingerprint density at radius 1 is 0.821 bits per heavy atom. The van der Waals surface area contributed by atoms with E-state index in [0.717, 1.165) is 43.7 Å². The zero-order valence-electron chi connectivity index (χ0n) is 16.4. The number of alkyl halides is 3. The molecule has 0 heterocycles. The van der Waals surface area contributed by atoms with E-state index in [9.17, 15) is 22.0 Å². The summed E-state index contributed by atoms with van der Waals surface area (Å²) in [5.41, 5.74) is -1.44. The Morgan fingerprint density at radius 2 is 1.29 bits per heavy atom. The van der Waals surface area contributed by atoms with Gasteiger partial charge in [0.05, 0.1) is 0 Å². The van der Waals surface area contributed by atoms with E-state index in [1.54, 1.807) is 0 Å². The largest absolute Gasteiger partial charge is 0.422 e. The van der Waals surface area contributed by atoms with Crippen molar-refractivity contribution in [3.63, 3.8) is 0 Å². The molecule has 5 heteroatoms. The summed E-state index contributed by atoms with van der Waals surface area (Å²) >= 11 is 0. The van der Waals surface area contributed by atoms with Gasteiger partial charge < -0.3 is 0 Å².